The number of rotatable bonds is 1. The summed E-state index contributed by atoms with van der Waals surface area (Å²) in [7, 11) is 0. The van der Waals surface area contributed by atoms with Gasteiger partial charge in [-0.1, -0.05) is 34.8 Å². The maximum absolute atomic E-state index is 6.10. The third kappa shape index (κ3) is 2.46. The van der Waals surface area contributed by atoms with Crippen molar-refractivity contribution >= 4 is 40.6 Å². The molecule has 2 rings (SSSR count). The highest BCUT2D eigenvalue weighted by atomic mass is 35.5. The lowest BCUT2D eigenvalue weighted by Crippen LogP contribution is -1.99. The van der Waals surface area contributed by atoms with Crippen LogP contribution in [0, 0.1) is 6.92 Å². The minimum atomic E-state index is 0.297. The number of nitrogen functional groups attached to an aromatic ring is 1. The summed E-state index contributed by atoms with van der Waals surface area (Å²) in [6, 6.07) is 3.22. The fourth-order valence-electron chi connectivity index (χ4n) is 1.43. The van der Waals surface area contributed by atoms with Crippen molar-refractivity contribution < 1.29 is 0 Å². The number of aromatic nitrogens is 2. The number of nitrogens with zero attached hydrogens (tertiary/aromatic N) is 2. The van der Waals surface area contributed by atoms with Crippen LogP contribution in [0.15, 0.2) is 18.3 Å². The second-order valence-electron chi connectivity index (χ2n) is 3.49. The van der Waals surface area contributed by atoms with E-state index in [1.54, 1.807) is 25.3 Å². The monoisotopic (exact) mass is 287 g/mol. The summed E-state index contributed by atoms with van der Waals surface area (Å²) in [5, 5.41) is 1.19. The molecule has 0 saturated heterocycles. The molecular formula is C11H8Cl3N3. The van der Waals surface area contributed by atoms with Crippen LogP contribution in [0.3, 0.4) is 0 Å². The van der Waals surface area contributed by atoms with Crippen LogP contribution in [-0.2, 0) is 0 Å². The van der Waals surface area contributed by atoms with E-state index < -0.39 is 0 Å². The van der Waals surface area contributed by atoms with Gasteiger partial charge in [-0.05, 0) is 19.1 Å². The minimum Gasteiger partial charge on any atom is -0.382 e. The van der Waals surface area contributed by atoms with Gasteiger partial charge in [-0.3, -0.25) is 4.98 Å². The fraction of sp³-hybridized carbons (Fsp3) is 0.0909. The maximum atomic E-state index is 6.10. The van der Waals surface area contributed by atoms with Crippen LogP contribution in [0.25, 0.3) is 11.3 Å². The van der Waals surface area contributed by atoms with Crippen LogP contribution in [0.5, 0.6) is 0 Å². The van der Waals surface area contributed by atoms with Gasteiger partial charge in [-0.15, -0.1) is 0 Å². The van der Waals surface area contributed by atoms with Gasteiger partial charge in [0.05, 0.1) is 15.7 Å². The highest BCUT2D eigenvalue weighted by Gasteiger charge is 2.13. The Labute approximate surface area is 114 Å². The minimum absolute atomic E-state index is 0.297. The van der Waals surface area contributed by atoms with Gasteiger partial charge in [0.25, 0.3) is 0 Å². The normalized spacial score (nSPS) is 10.6. The molecule has 1 aromatic carbocycles. The summed E-state index contributed by atoms with van der Waals surface area (Å²) in [6.45, 7) is 1.81. The predicted molar refractivity (Wildman–Crippen MR) is 71.6 cm³/mol. The standard InChI is InChI=1S/C11H8Cl3N3/c1-5-4-16-10(11(15)17-5)7-2-6(12)3-8(13)9(7)14/h2-4H,1H3,(H2,15,17). The Kier molecular flexibility index (Phi) is 3.43. The summed E-state index contributed by atoms with van der Waals surface area (Å²) in [4.78, 5) is 8.32. The van der Waals surface area contributed by atoms with E-state index in [-0.39, 0.29) is 0 Å². The highest BCUT2D eigenvalue weighted by molar-refractivity contribution is 6.45. The molecule has 0 amide bonds. The van der Waals surface area contributed by atoms with E-state index in [0.29, 0.717) is 32.1 Å². The first-order valence-electron chi connectivity index (χ1n) is 4.73. The van der Waals surface area contributed by atoms with E-state index in [1.807, 2.05) is 0 Å². The molecule has 0 fully saturated rings. The van der Waals surface area contributed by atoms with Crippen molar-refractivity contribution in [3.8, 4) is 11.3 Å². The van der Waals surface area contributed by atoms with Crippen LogP contribution >= 0.6 is 34.8 Å². The van der Waals surface area contributed by atoms with E-state index in [0.717, 1.165) is 5.69 Å². The van der Waals surface area contributed by atoms with Gasteiger partial charge in [0, 0.05) is 16.8 Å². The lowest BCUT2D eigenvalue weighted by Gasteiger charge is -2.08. The molecule has 0 aliphatic heterocycles. The molecule has 1 aromatic heterocycles. The summed E-state index contributed by atoms with van der Waals surface area (Å²) in [5.74, 6) is 0.297. The third-order valence-electron chi connectivity index (χ3n) is 2.17. The predicted octanol–water partition coefficient (Wildman–Crippen LogP) is 3.99. The second-order valence-corrected chi connectivity index (χ2v) is 4.72. The smallest absolute Gasteiger partial charge is 0.150 e. The molecule has 6 heteroatoms. The average Bonchev–Trinajstić information content (AvgIpc) is 2.24. The number of aryl methyl sites for hydroxylation is 1. The Morgan fingerprint density at radius 2 is 1.88 bits per heavy atom. The molecule has 0 radical (unpaired) electrons. The van der Waals surface area contributed by atoms with Crippen molar-refractivity contribution in [2.45, 2.75) is 6.92 Å². The van der Waals surface area contributed by atoms with Crippen molar-refractivity contribution in [3.05, 3.63) is 39.1 Å². The van der Waals surface area contributed by atoms with Crippen molar-refractivity contribution in [1.82, 2.24) is 9.97 Å². The van der Waals surface area contributed by atoms with Gasteiger partial charge in [-0.2, -0.15) is 0 Å². The third-order valence-corrected chi connectivity index (χ3v) is 3.19. The van der Waals surface area contributed by atoms with Gasteiger partial charge in [0.1, 0.15) is 11.5 Å². The molecule has 0 aliphatic carbocycles. The summed E-state index contributed by atoms with van der Waals surface area (Å²) >= 11 is 18.0. The number of nitrogens with two attached hydrogens (primary N) is 1. The van der Waals surface area contributed by atoms with Crippen molar-refractivity contribution in [3.63, 3.8) is 0 Å². The zero-order chi connectivity index (χ0) is 12.6. The van der Waals surface area contributed by atoms with E-state index >= 15 is 0 Å². The van der Waals surface area contributed by atoms with E-state index in [2.05, 4.69) is 9.97 Å². The fourth-order valence-corrected chi connectivity index (χ4v) is 2.12. The van der Waals surface area contributed by atoms with Crippen molar-refractivity contribution in [2.24, 2.45) is 0 Å². The Bertz CT molecular complexity index is 584. The number of halogens is 3. The SMILES string of the molecule is Cc1cnc(-c2cc(Cl)cc(Cl)c2Cl)c(N)n1. The Morgan fingerprint density at radius 1 is 1.18 bits per heavy atom. The molecule has 17 heavy (non-hydrogen) atoms. The molecule has 0 spiro atoms. The van der Waals surface area contributed by atoms with E-state index in [4.69, 9.17) is 40.5 Å². The molecule has 2 N–H and O–H groups in total. The van der Waals surface area contributed by atoms with E-state index in [9.17, 15) is 0 Å². The Balaban J connectivity index is 2.68. The topological polar surface area (TPSA) is 51.8 Å². The first-order chi connectivity index (χ1) is 7.99. The van der Waals surface area contributed by atoms with Crippen molar-refractivity contribution in [2.75, 3.05) is 5.73 Å². The van der Waals surface area contributed by atoms with Gasteiger partial charge in [0.2, 0.25) is 0 Å². The van der Waals surface area contributed by atoms with Crippen LogP contribution in [0.4, 0.5) is 5.82 Å². The van der Waals surface area contributed by atoms with Crippen LogP contribution in [0.1, 0.15) is 5.69 Å². The highest BCUT2D eigenvalue weighted by Crippen LogP contribution is 2.37. The van der Waals surface area contributed by atoms with Crippen LogP contribution in [0.2, 0.25) is 15.1 Å². The lowest BCUT2D eigenvalue weighted by atomic mass is 10.1. The summed E-state index contributed by atoms with van der Waals surface area (Å²) in [5.41, 5.74) is 7.59. The van der Waals surface area contributed by atoms with Gasteiger partial charge in [0.15, 0.2) is 0 Å². The zero-order valence-corrected chi connectivity index (χ0v) is 11.1. The van der Waals surface area contributed by atoms with Crippen LogP contribution in [-0.4, -0.2) is 9.97 Å². The quantitative estimate of drug-likeness (QED) is 0.807. The van der Waals surface area contributed by atoms with E-state index in [1.165, 1.54) is 0 Å². The molecule has 88 valence electrons. The van der Waals surface area contributed by atoms with Gasteiger partial charge >= 0.3 is 0 Å². The molecule has 0 atom stereocenters. The molecule has 0 bridgehead atoms. The maximum Gasteiger partial charge on any atom is 0.150 e. The average molecular weight is 289 g/mol. The largest absolute Gasteiger partial charge is 0.382 e. The Hall–Kier alpha value is -1.03. The summed E-state index contributed by atoms with van der Waals surface area (Å²) in [6.07, 6.45) is 1.61. The molecule has 0 saturated carbocycles. The second kappa shape index (κ2) is 4.69. The number of benzene rings is 1. The number of anilines is 1. The Morgan fingerprint density at radius 3 is 2.53 bits per heavy atom. The molecule has 0 unspecified atom stereocenters. The number of hydrogen-bond acceptors (Lipinski definition) is 3. The summed E-state index contributed by atoms with van der Waals surface area (Å²) < 4.78 is 0. The number of hydrogen-bond donors (Lipinski definition) is 1. The zero-order valence-electron chi connectivity index (χ0n) is 8.84. The lowest BCUT2D eigenvalue weighted by molar-refractivity contribution is 1.13. The van der Waals surface area contributed by atoms with Gasteiger partial charge < -0.3 is 5.73 Å². The van der Waals surface area contributed by atoms with Crippen molar-refractivity contribution in [1.29, 1.82) is 0 Å². The van der Waals surface area contributed by atoms with Crippen LogP contribution < -0.4 is 5.73 Å². The molecule has 1 heterocycles. The molecule has 0 aliphatic rings. The van der Waals surface area contributed by atoms with Gasteiger partial charge in [-0.25, -0.2) is 4.98 Å². The molecule has 3 nitrogen and oxygen atoms in total. The molecule has 2 aromatic rings. The molecular weight excluding hydrogens is 281 g/mol. The first-order valence-corrected chi connectivity index (χ1v) is 5.86. The first kappa shape index (κ1) is 12.4.